The van der Waals surface area contributed by atoms with Crippen LogP contribution in [-0.4, -0.2) is 17.5 Å². The predicted molar refractivity (Wildman–Crippen MR) is 83.3 cm³/mol. The van der Waals surface area contributed by atoms with E-state index in [0.29, 0.717) is 17.0 Å². The maximum Gasteiger partial charge on any atom is 0.270 e. The first-order valence-electron chi connectivity index (χ1n) is 7.11. The molecule has 1 rings (SSSR count). The number of nitrogens with zero attached hydrogens (tertiary/aromatic N) is 1. The van der Waals surface area contributed by atoms with Gasteiger partial charge in [-0.25, -0.2) is 0 Å². The molecule has 4 nitrogen and oxygen atoms in total. The van der Waals surface area contributed by atoms with E-state index in [1.165, 1.54) is 12.1 Å². The number of nitro groups is 1. The Labute approximate surface area is 125 Å². The SMILES string of the molecule is CCCNC(CCc1ccc([N+](=O)[O-])cc1Cl)C(C)C. The van der Waals surface area contributed by atoms with Crippen LogP contribution in [0.25, 0.3) is 0 Å². The molecule has 0 aliphatic rings. The fraction of sp³-hybridized carbons (Fsp3) is 0.600. The maximum absolute atomic E-state index is 10.7. The van der Waals surface area contributed by atoms with Crippen LogP contribution in [0.5, 0.6) is 0 Å². The van der Waals surface area contributed by atoms with Crippen molar-refractivity contribution in [2.24, 2.45) is 5.92 Å². The molecule has 20 heavy (non-hydrogen) atoms. The molecule has 1 N–H and O–H groups in total. The van der Waals surface area contributed by atoms with Crippen molar-refractivity contribution >= 4 is 17.3 Å². The summed E-state index contributed by atoms with van der Waals surface area (Å²) in [5.74, 6) is 0.554. The summed E-state index contributed by atoms with van der Waals surface area (Å²) >= 11 is 6.12. The van der Waals surface area contributed by atoms with E-state index in [0.717, 1.165) is 31.4 Å². The maximum atomic E-state index is 10.7. The molecule has 5 heteroatoms. The molecule has 0 heterocycles. The van der Waals surface area contributed by atoms with E-state index in [1.54, 1.807) is 6.07 Å². The van der Waals surface area contributed by atoms with Crippen LogP contribution in [0.3, 0.4) is 0 Å². The highest BCUT2D eigenvalue weighted by atomic mass is 35.5. The first-order valence-corrected chi connectivity index (χ1v) is 7.49. The third-order valence-corrected chi connectivity index (χ3v) is 3.79. The first-order chi connectivity index (χ1) is 9.45. The zero-order chi connectivity index (χ0) is 15.1. The topological polar surface area (TPSA) is 55.2 Å². The van der Waals surface area contributed by atoms with Crippen LogP contribution in [0.1, 0.15) is 39.2 Å². The summed E-state index contributed by atoms with van der Waals surface area (Å²) in [7, 11) is 0. The summed E-state index contributed by atoms with van der Waals surface area (Å²) < 4.78 is 0. The highest BCUT2D eigenvalue weighted by Crippen LogP contribution is 2.24. The van der Waals surface area contributed by atoms with Gasteiger partial charge in [-0.3, -0.25) is 10.1 Å². The van der Waals surface area contributed by atoms with E-state index in [4.69, 9.17) is 11.6 Å². The Morgan fingerprint density at radius 1 is 1.40 bits per heavy atom. The normalized spacial score (nSPS) is 12.7. The second kappa shape index (κ2) is 8.22. The Hall–Kier alpha value is -1.13. The van der Waals surface area contributed by atoms with Crippen molar-refractivity contribution in [3.8, 4) is 0 Å². The second-order valence-electron chi connectivity index (χ2n) is 5.38. The summed E-state index contributed by atoms with van der Waals surface area (Å²) in [5, 5.41) is 14.7. The number of rotatable bonds is 8. The van der Waals surface area contributed by atoms with Gasteiger partial charge >= 0.3 is 0 Å². The highest BCUT2D eigenvalue weighted by molar-refractivity contribution is 6.31. The van der Waals surface area contributed by atoms with E-state index in [1.807, 2.05) is 0 Å². The first kappa shape index (κ1) is 16.9. The molecule has 0 saturated heterocycles. The van der Waals surface area contributed by atoms with E-state index < -0.39 is 4.92 Å². The monoisotopic (exact) mass is 298 g/mol. The van der Waals surface area contributed by atoms with Gasteiger partial charge in [0.1, 0.15) is 0 Å². The van der Waals surface area contributed by atoms with Crippen molar-refractivity contribution < 1.29 is 4.92 Å². The van der Waals surface area contributed by atoms with Crippen LogP contribution >= 0.6 is 11.6 Å². The van der Waals surface area contributed by atoms with Crippen molar-refractivity contribution in [2.75, 3.05) is 6.54 Å². The van der Waals surface area contributed by atoms with Crippen LogP contribution in [0.15, 0.2) is 18.2 Å². The summed E-state index contributed by atoms with van der Waals surface area (Å²) in [6.45, 7) is 7.56. The minimum absolute atomic E-state index is 0.0447. The average molecular weight is 299 g/mol. The Balaban J connectivity index is 2.65. The van der Waals surface area contributed by atoms with Gasteiger partial charge in [-0.1, -0.05) is 38.4 Å². The summed E-state index contributed by atoms with van der Waals surface area (Å²) in [6.07, 6.45) is 2.92. The molecule has 1 atom stereocenters. The Morgan fingerprint density at radius 3 is 2.60 bits per heavy atom. The van der Waals surface area contributed by atoms with E-state index in [9.17, 15) is 10.1 Å². The minimum Gasteiger partial charge on any atom is -0.314 e. The summed E-state index contributed by atoms with van der Waals surface area (Å²) in [5.41, 5.74) is 1.02. The number of aryl methyl sites for hydroxylation is 1. The number of halogens is 1. The number of hydrogen-bond donors (Lipinski definition) is 1. The molecule has 0 aliphatic heterocycles. The van der Waals surface area contributed by atoms with Crippen molar-refractivity contribution in [2.45, 2.75) is 46.1 Å². The number of non-ortho nitro benzene ring substituents is 1. The van der Waals surface area contributed by atoms with Crippen LogP contribution in [-0.2, 0) is 6.42 Å². The molecule has 1 aromatic carbocycles. The second-order valence-corrected chi connectivity index (χ2v) is 5.78. The Kier molecular flexibility index (Phi) is 6.96. The molecule has 0 saturated carbocycles. The predicted octanol–water partition coefficient (Wildman–Crippen LogP) is 4.21. The molecule has 0 aromatic heterocycles. The van der Waals surface area contributed by atoms with Crippen LogP contribution < -0.4 is 5.32 Å². The van der Waals surface area contributed by atoms with Crippen molar-refractivity contribution in [1.82, 2.24) is 5.32 Å². The van der Waals surface area contributed by atoms with Gasteiger partial charge in [0.25, 0.3) is 5.69 Å². The van der Waals surface area contributed by atoms with Crippen LogP contribution in [0.2, 0.25) is 5.02 Å². The van der Waals surface area contributed by atoms with Gasteiger partial charge in [-0.15, -0.1) is 0 Å². The third kappa shape index (κ3) is 5.10. The van der Waals surface area contributed by atoms with Crippen molar-refractivity contribution in [3.63, 3.8) is 0 Å². The third-order valence-electron chi connectivity index (χ3n) is 3.43. The van der Waals surface area contributed by atoms with Gasteiger partial charge < -0.3 is 5.32 Å². The zero-order valence-electron chi connectivity index (χ0n) is 12.4. The lowest BCUT2D eigenvalue weighted by Gasteiger charge is -2.22. The number of nitro benzene ring substituents is 1. The smallest absolute Gasteiger partial charge is 0.270 e. The Morgan fingerprint density at radius 2 is 2.10 bits per heavy atom. The summed E-state index contributed by atoms with van der Waals surface area (Å²) in [6, 6.07) is 5.16. The van der Waals surface area contributed by atoms with Gasteiger partial charge in [-0.2, -0.15) is 0 Å². The number of hydrogen-bond acceptors (Lipinski definition) is 3. The van der Waals surface area contributed by atoms with Crippen LogP contribution in [0, 0.1) is 16.0 Å². The molecule has 0 bridgehead atoms. The molecule has 0 radical (unpaired) electrons. The lowest BCUT2D eigenvalue weighted by Crippen LogP contribution is -2.34. The molecule has 0 fully saturated rings. The molecule has 112 valence electrons. The van der Waals surface area contributed by atoms with Gasteiger partial charge in [-0.05, 0) is 37.3 Å². The molecular formula is C15H23ClN2O2. The zero-order valence-corrected chi connectivity index (χ0v) is 13.1. The van der Waals surface area contributed by atoms with Gasteiger partial charge in [0.2, 0.25) is 0 Å². The molecule has 0 aliphatic carbocycles. The molecule has 1 aromatic rings. The fourth-order valence-corrected chi connectivity index (χ4v) is 2.43. The average Bonchev–Trinajstić information content (AvgIpc) is 2.39. The van der Waals surface area contributed by atoms with Crippen molar-refractivity contribution in [3.05, 3.63) is 38.9 Å². The van der Waals surface area contributed by atoms with E-state index >= 15 is 0 Å². The Bertz CT molecular complexity index is 449. The lowest BCUT2D eigenvalue weighted by atomic mass is 9.96. The standard InChI is InChI=1S/C15H23ClN2O2/c1-4-9-17-15(11(2)3)8-6-12-5-7-13(18(19)20)10-14(12)16/h5,7,10-11,15,17H,4,6,8-9H2,1-3H3. The van der Waals surface area contributed by atoms with Gasteiger partial charge in [0.05, 0.1) is 9.95 Å². The van der Waals surface area contributed by atoms with Gasteiger partial charge in [0, 0.05) is 18.2 Å². The minimum atomic E-state index is -0.421. The van der Waals surface area contributed by atoms with Crippen molar-refractivity contribution in [1.29, 1.82) is 0 Å². The molecule has 0 spiro atoms. The quantitative estimate of drug-likeness (QED) is 0.578. The molecule has 1 unspecified atom stereocenters. The van der Waals surface area contributed by atoms with E-state index in [-0.39, 0.29) is 5.69 Å². The van der Waals surface area contributed by atoms with Gasteiger partial charge in [0.15, 0.2) is 0 Å². The van der Waals surface area contributed by atoms with E-state index in [2.05, 4.69) is 26.1 Å². The largest absolute Gasteiger partial charge is 0.314 e. The number of benzene rings is 1. The lowest BCUT2D eigenvalue weighted by molar-refractivity contribution is -0.384. The van der Waals surface area contributed by atoms with Crippen LogP contribution in [0.4, 0.5) is 5.69 Å². The molecule has 0 amide bonds. The molecular weight excluding hydrogens is 276 g/mol. The summed E-state index contributed by atoms with van der Waals surface area (Å²) in [4.78, 5) is 10.3. The fourth-order valence-electron chi connectivity index (χ4n) is 2.16. The number of nitrogens with one attached hydrogen (secondary N) is 1. The highest BCUT2D eigenvalue weighted by Gasteiger charge is 2.14.